The van der Waals surface area contributed by atoms with Crippen LogP contribution in [0.1, 0.15) is 252 Å². The molecule has 66 heavy (non-hydrogen) atoms. The van der Waals surface area contributed by atoms with Gasteiger partial charge in [-0.3, -0.25) is 9.59 Å². The van der Waals surface area contributed by atoms with Gasteiger partial charge in [-0.2, -0.15) is 0 Å². The van der Waals surface area contributed by atoms with Crippen molar-refractivity contribution in [1.82, 2.24) is 0 Å². The van der Waals surface area contributed by atoms with Crippen LogP contribution < -0.4 is 0 Å². The number of hydrogen-bond acceptors (Lipinski definition) is 5. The highest BCUT2D eigenvalue weighted by Crippen LogP contribution is 2.15. The van der Waals surface area contributed by atoms with Crippen molar-refractivity contribution >= 4 is 11.9 Å². The van der Waals surface area contributed by atoms with E-state index in [1.165, 1.54) is 109 Å². The number of carbonyl (C=O) groups is 2. The summed E-state index contributed by atoms with van der Waals surface area (Å²) in [7, 11) is 0. The Hall–Kier alpha value is -3.18. The average molecular weight is 917 g/mol. The van der Waals surface area contributed by atoms with Crippen molar-refractivity contribution < 1.29 is 23.8 Å². The first kappa shape index (κ1) is 62.8. The molecule has 0 aliphatic carbocycles. The number of carbonyl (C=O) groups excluding carboxylic acids is 2. The smallest absolute Gasteiger partial charge is 0.306 e. The van der Waals surface area contributed by atoms with Crippen LogP contribution >= 0.6 is 0 Å². The number of hydrogen-bond donors (Lipinski definition) is 0. The summed E-state index contributed by atoms with van der Waals surface area (Å²) in [5, 5.41) is 0. The van der Waals surface area contributed by atoms with Crippen LogP contribution in [0.5, 0.6) is 0 Å². The largest absolute Gasteiger partial charge is 0.462 e. The molecule has 0 heterocycles. The lowest BCUT2D eigenvalue weighted by Crippen LogP contribution is -2.30. The Labute approximate surface area is 409 Å². The first-order valence-corrected chi connectivity index (χ1v) is 27.8. The third kappa shape index (κ3) is 53.4. The maximum absolute atomic E-state index is 12.8. The van der Waals surface area contributed by atoms with E-state index in [1.54, 1.807) is 0 Å². The fourth-order valence-electron chi connectivity index (χ4n) is 7.55. The Morgan fingerprint density at radius 3 is 1.11 bits per heavy atom. The topological polar surface area (TPSA) is 61.8 Å². The van der Waals surface area contributed by atoms with Crippen molar-refractivity contribution in [3.63, 3.8) is 0 Å². The van der Waals surface area contributed by atoms with Crippen molar-refractivity contribution in [3.8, 4) is 0 Å². The Morgan fingerprint density at radius 2 is 0.682 bits per heavy atom. The molecule has 0 aliphatic heterocycles. The molecule has 0 rings (SSSR count). The van der Waals surface area contributed by atoms with Gasteiger partial charge in [0, 0.05) is 19.4 Å². The summed E-state index contributed by atoms with van der Waals surface area (Å²) in [5.74, 6) is -0.460. The second-order valence-electron chi connectivity index (χ2n) is 18.1. The first-order valence-electron chi connectivity index (χ1n) is 27.8. The molecular formula is C61H104O5. The summed E-state index contributed by atoms with van der Waals surface area (Å²) < 4.78 is 17.4. The highest BCUT2D eigenvalue weighted by Gasteiger charge is 2.17. The fourth-order valence-corrected chi connectivity index (χ4v) is 7.55. The average Bonchev–Trinajstić information content (AvgIpc) is 3.32. The van der Waals surface area contributed by atoms with Crippen LogP contribution in [-0.4, -0.2) is 37.9 Å². The Morgan fingerprint density at radius 1 is 0.348 bits per heavy atom. The lowest BCUT2D eigenvalue weighted by atomic mass is 10.0. The molecule has 0 saturated carbocycles. The zero-order chi connectivity index (χ0) is 47.7. The van der Waals surface area contributed by atoms with E-state index >= 15 is 0 Å². The summed E-state index contributed by atoms with van der Waals surface area (Å²) in [6, 6.07) is 0. The summed E-state index contributed by atoms with van der Waals surface area (Å²) in [4.78, 5) is 25.5. The number of allylic oxidation sites excluding steroid dienone is 16. The molecule has 1 atom stereocenters. The zero-order valence-electron chi connectivity index (χ0n) is 43.4. The van der Waals surface area contributed by atoms with Crippen molar-refractivity contribution in [1.29, 1.82) is 0 Å². The summed E-state index contributed by atoms with van der Waals surface area (Å²) in [5.41, 5.74) is 0. The van der Waals surface area contributed by atoms with Gasteiger partial charge in [-0.15, -0.1) is 0 Å². The lowest BCUT2D eigenvalue weighted by molar-refractivity contribution is -0.163. The summed E-state index contributed by atoms with van der Waals surface area (Å²) in [6.45, 7) is 7.50. The van der Waals surface area contributed by atoms with Gasteiger partial charge in [-0.1, -0.05) is 240 Å². The van der Waals surface area contributed by atoms with E-state index in [2.05, 4.69) is 118 Å². The van der Waals surface area contributed by atoms with Crippen LogP contribution in [0.4, 0.5) is 0 Å². The van der Waals surface area contributed by atoms with E-state index < -0.39 is 6.10 Å². The van der Waals surface area contributed by atoms with Gasteiger partial charge in [0.25, 0.3) is 0 Å². The van der Waals surface area contributed by atoms with E-state index in [9.17, 15) is 9.59 Å². The van der Waals surface area contributed by atoms with E-state index in [-0.39, 0.29) is 25.2 Å². The van der Waals surface area contributed by atoms with Crippen LogP contribution in [-0.2, 0) is 23.8 Å². The van der Waals surface area contributed by atoms with Gasteiger partial charge >= 0.3 is 11.9 Å². The second-order valence-corrected chi connectivity index (χ2v) is 18.1. The lowest BCUT2D eigenvalue weighted by Gasteiger charge is -2.18. The molecule has 0 aliphatic rings. The maximum atomic E-state index is 12.8. The first-order chi connectivity index (χ1) is 32.6. The molecule has 0 aromatic rings. The van der Waals surface area contributed by atoms with E-state index in [0.29, 0.717) is 19.4 Å². The molecule has 5 nitrogen and oxygen atoms in total. The Kier molecular flexibility index (Phi) is 53.4. The quantitative estimate of drug-likeness (QED) is 0.0346. The molecular weight excluding hydrogens is 813 g/mol. The molecule has 378 valence electrons. The predicted molar refractivity (Wildman–Crippen MR) is 288 cm³/mol. The van der Waals surface area contributed by atoms with Crippen molar-refractivity contribution in [2.75, 3.05) is 19.8 Å². The van der Waals surface area contributed by atoms with Gasteiger partial charge in [0.15, 0.2) is 6.10 Å². The molecule has 0 saturated heterocycles. The molecule has 0 spiro atoms. The molecule has 1 unspecified atom stereocenters. The molecule has 0 aromatic heterocycles. The predicted octanol–water partition coefficient (Wildman–Crippen LogP) is 19.0. The monoisotopic (exact) mass is 917 g/mol. The summed E-state index contributed by atoms with van der Waals surface area (Å²) >= 11 is 0. The van der Waals surface area contributed by atoms with Crippen LogP contribution in [0.15, 0.2) is 97.2 Å². The second kappa shape index (κ2) is 56.1. The van der Waals surface area contributed by atoms with Gasteiger partial charge in [0.2, 0.25) is 0 Å². The molecule has 0 amide bonds. The molecule has 0 bridgehead atoms. The SMILES string of the molecule is CC/C=C\C/C=C\C/C=C\C/C=C\CCCCCOCC(COC(=O)CCCCCCCCCCCCCCCCCCCCC)OC(=O)CCCC/C=C\C/C=C\C/C=C\C/C=C\CC. The van der Waals surface area contributed by atoms with E-state index in [4.69, 9.17) is 14.2 Å². The highest BCUT2D eigenvalue weighted by molar-refractivity contribution is 5.70. The van der Waals surface area contributed by atoms with Crippen molar-refractivity contribution in [3.05, 3.63) is 97.2 Å². The molecule has 0 fully saturated rings. The van der Waals surface area contributed by atoms with Crippen LogP contribution in [0, 0.1) is 0 Å². The molecule has 0 aromatic carbocycles. The van der Waals surface area contributed by atoms with Gasteiger partial charge in [0.05, 0.1) is 6.61 Å². The minimum absolute atomic E-state index is 0.0531. The van der Waals surface area contributed by atoms with Crippen molar-refractivity contribution in [2.24, 2.45) is 0 Å². The maximum Gasteiger partial charge on any atom is 0.306 e. The van der Waals surface area contributed by atoms with E-state index in [1.807, 2.05) is 0 Å². The van der Waals surface area contributed by atoms with Gasteiger partial charge in [-0.05, 0) is 96.3 Å². The minimum atomic E-state index is -0.578. The Bertz CT molecular complexity index is 1270. The third-order valence-corrected chi connectivity index (χ3v) is 11.6. The van der Waals surface area contributed by atoms with E-state index in [0.717, 1.165) is 109 Å². The molecule has 5 heteroatoms. The fraction of sp³-hybridized carbons (Fsp3) is 0.705. The summed E-state index contributed by atoms with van der Waals surface area (Å²) in [6.07, 6.45) is 75.8. The minimum Gasteiger partial charge on any atom is -0.462 e. The standard InChI is InChI=1S/C61H104O5/c1-4-7-10-13-16-19-22-25-28-30-31-32-34-36-39-42-45-48-51-54-60(62)65-58-59(57-64-56-53-50-47-44-41-38-35-29-26-23-20-17-14-11-8-5-2)66-61(63)55-52-49-46-43-40-37-33-27-24-21-18-15-12-9-6-3/h8-9,11-12,17-18,20-21,26-27,29,33,38,40-41,43,59H,4-7,10,13-16,19,22-25,28,30-32,34-37,39,42,44-58H2,1-3H3/b11-8-,12-9-,20-17-,21-18-,29-26-,33-27-,41-38-,43-40-. The number of ether oxygens (including phenoxy) is 3. The highest BCUT2D eigenvalue weighted by atomic mass is 16.6. The van der Waals surface area contributed by atoms with Gasteiger partial charge < -0.3 is 14.2 Å². The van der Waals surface area contributed by atoms with Gasteiger partial charge in [-0.25, -0.2) is 0 Å². The van der Waals surface area contributed by atoms with Gasteiger partial charge in [0.1, 0.15) is 6.61 Å². The number of unbranched alkanes of at least 4 members (excludes halogenated alkanes) is 23. The normalized spacial score (nSPS) is 13.0. The number of esters is 2. The van der Waals surface area contributed by atoms with Crippen LogP contribution in [0.25, 0.3) is 0 Å². The van der Waals surface area contributed by atoms with Crippen molar-refractivity contribution in [2.45, 2.75) is 258 Å². The zero-order valence-corrected chi connectivity index (χ0v) is 43.4. The van der Waals surface area contributed by atoms with Crippen LogP contribution in [0.3, 0.4) is 0 Å². The third-order valence-electron chi connectivity index (χ3n) is 11.6. The van der Waals surface area contributed by atoms with Crippen LogP contribution in [0.2, 0.25) is 0 Å². The number of rotatable bonds is 50. The Balaban J connectivity index is 4.35. The molecule has 0 radical (unpaired) electrons. The molecule has 0 N–H and O–H groups in total.